The molecule has 2 rings (SSSR count). The number of carbonyl (C=O) groups excluding carboxylic acids is 1. The minimum Gasteiger partial charge on any atom is -0.393 e. The summed E-state index contributed by atoms with van der Waals surface area (Å²) in [6.07, 6.45) is 3.57. The molecule has 110 valence electrons. The smallest absolute Gasteiger partial charge is 0.273 e. The maximum absolute atomic E-state index is 12.3. The number of hydrogen-bond acceptors (Lipinski definition) is 3. The van der Waals surface area contributed by atoms with Crippen LogP contribution in [0.3, 0.4) is 0 Å². The van der Waals surface area contributed by atoms with Crippen LogP contribution >= 0.6 is 23.2 Å². The molecule has 4 nitrogen and oxygen atoms in total. The summed E-state index contributed by atoms with van der Waals surface area (Å²) in [6.45, 7) is 0.504. The fourth-order valence-corrected chi connectivity index (χ4v) is 2.92. The molecule has 0 saturated heterocycles. The third-order valence-corrected chi connectivity index (χ3v) is 4.25. The first-order valence-corrected chi connectivity index (χ1v) is 7.50. The Morgan fingerprint density at radius 3 is 2.80 bits per heavy atom. The van der Waals surface area contributed by atoms with Crippen LogP contribution in [0.25, 0.3) is 0 Å². The number of hydrogen-bond donors (Lipinski definition) is 1. The highest BCUT2D eigenvalue weighted by atomic mass is 35.5. The third-order valence-electron chi connectivity index (χ3n) is 3.74. The van der Waals surface area contributed by atoms with Gasteiger partial charge in [-0.05, 0) is 25.0 Å². The monoisotopic (exact) mass is 316 g/mol. The lowest BCUT2D eigenvalue weighted by molar-refractivity contribution is 0.0448. The normalized spacial score (nSPS) is 22.6. The van der Waals surface area contributed by atoms with Gasteiger partial charge in [-0.2, -0.15) is 0 Å². The fourth-order valence-electron chi connectivity index (χ4n) is 2.58. The van der Waals surface area contributed by atoms with Gasteiger partial charge in [0.25, 0.3) is 5.91 Å². The largest absolute Gasteiger partial charge is 0.393 e. The van der Waals surface area contributed by atoms with Crippen LogP contribution in [-0.4, -0.2) is 40.6 Å². The van der Waals surface area contributed by atoms with Crippen LogP contribution in [0.2, 0.25) is 10.2 Å². The molecule has 6 heteroatoms. The number of carbonyl (C=O) groups is 1. The first-order valence-electron chi connectivity index (χ1n) is 6.74. The molecular formula is C14H18Cl2N2O2. The molecule has 0 radical (unpaired) electrons. The lowest BCUT2D eigenvalue weighted by Gasteiger charge is -2.31. The highest BCUT2D eigenvalue weighted by Crippen LogP contribution is 2.26. The van der Waals surface area contributed by atoms with Gasteiger partial charge in [0, 0.05) is 19.5 Å². The predicted molar refractivity (Wildman–Crippen MR) is 79.2 cm³/mol. The van der Waals surface area contributed by atoms with Crippen molar-refractivity contribution in [3.63, 3.8) is 0 Å². The van der Waals surface area contributed by atoms with Crippen LogP contribution in [0.5, 0.6) is 0 Å². The van der Waals surface area contributed by atoms with Crippen molar-refractivity contribution in [3.05, 3.63) is 28.0 Å². The van der Waals surface area contributed by atoms with Crippen molar-refractivity contribution in [2.24, 2.45) is 5.92 Å². The quantitative estimate of drug-likeness (QED) is 0.872. The second-order valence-corrected chi connectivity index (χ2v) is 6.06. The van der Waals surface area contributed by atoms with E-state index in [0.717, 1.165) is 25.7 Å². The molecule has 1 N–H and O–H groups in total. The van der Waals surface area contributed by atoms with E-state index in [1.54, 1.807) is 24.1 Å². The van der Waals surface area contributed by atoms with Crippen molar-refractivity contribution in [2.45, 2.75) is 31.8 Å². The highest BCUT2D eigenvalue weighted by Gasteiger charge is 2.27. The molecule has 1 saturated carbocycles. The van der Waals surface area contributed by atoms with E-state index in [4.69, 9.17) is 23.2 Å². The van der Waals surface area contributed by atoms with Gasteiger partial charge in [0.05, 0.1) is 11.1 Å². The summed E-state index contributed by atoms with van der Waals surface area (Å²) in [7, 11) is 1.70. The first-order chi connectivity index (χ1) is 9.49. The van der Waals surface area contributed by atoms with Crippen LogP contribution < -0.4 is 0 Å². The number of pyridine rings is 1. The molecule has 20 heavy (non-hydrogen) atoms. The molecule has 1 fully saturated rings. The maximum Gasteiger partial charge on any atom is 0.273 e. The molecular weight excluding hydrogens is 299 g/mol. The van der Waals surface area contributed by atoms with E-state index in [-0.39, 0.29) is 33.8 Å². The summed E-state index contributed by atoms with van der Waals surface area (Å²) in [5, 5.41) is 10.5. The zero-order chi connectivity index (χ0) is 14.7. The minimum atomic E-state index is -0.332. The molecule has 1 aromatic rings. The van der Waals surface area contributed by atoms with Crippen molar-refractivity contribution in [1.82, 2.24) is 9.88 Å². The fraction of sp³-hybridized carbons (Fsp3) is 0.571. The summed E-state index contributed by atoms with van der Waals surface area (Å²) in [5.41, 5.74) is 0.159. The Morgan fingerprint density at radius 2 is 2.10 bits per heavy atom. The molecule has 0 aromatic carbocycles. The van der Waals surface area contributed by atoms with E-state index in [9.17, 15) is 9.90 Å². The van der Waals surface area contributed by atoms with Gasteiger partial charge in [-0.1, -0.05) is 36.0 Å². The summed E-state index contributed by atoms with van der Waals surface area (Å²) >= 11 is 11.8. The molecule has 1 heterocycles. The Balaban J connectivity index is 2.06. The van der Waals surface area contributed by atoms with Crippen LogP contribution in [0.4, 0.5) is 0 Å². The lowest BCUT2D eigenvalue weighted by Crippen LogP contribution is -2.38. The minimum absolute atomic E-state index is 0.121. The summed E-state index contributed by atoms with van der Waals surface area (Å²) in [5.74, 6) is -0.147. The number of amides is 1. The number of aliphatic hydroxyl groups is 1. The molecule has 0 spiro atoms. The van der Waals surface area contributed by atoms with Gasteiger partial charge >= 0.3 is 0 Å². The van der Waals surface area contributed by atoms with Crippen LogP contribution in [0, 0.1) is 5.92 Å². The molecule has 2 unspecified atom stereocenters. The Kier molecular flexibility index (Phi) is 5.24. The predicted octanol–water partition coefficient (Wildman–Crippen LogP) is 3.01. The second kappa shape index (κ2) is 6.74. The molecule has 1 aliphatic carbocycles. The average Bonchev–Trinajstić information content (AvgIpc) is 2.43. The molecule has 0 bridgehead atoms. The molecule has 1 amide bonds. The van der Waals surface area contributed by atoms with E-state index in [1.165, 1.54) is 0 Å². The van der Waals surface area contributed by atoms with Gasteiger partial charge in [0.1, 0.15) is 10.8 Å². The van der Waals surface area contributed by atoms with E-state index in [1.807, 2.05) is 0 Å². The first kappa shape index (κ1) is 15.5. The van der Waals surface area contributed by atoms with E-state index >= 15 is 0 Å². The summed E-state index contributed by atoms with van der Waals surface area (Å²) in [6, 6.07) is 3.11. The number of aromatic nitrogens is 1. The van der Waals surface area contributed by atoms with E-state index < -0.39 is 0 Å². The van der Waals surface area contributed by atoms with Crippen LogP contribution in [0.15, 0.2) is 12.1 Å². The lowest BCUT2D eigenvalue weighted by atomic mass is 9.86. The van der Waals surface area contributed by atoms with Gasteiger partial charge in [-0.25, -0.2) is 4.98 Å². The van der Waals surface area contributed by atoms with Crippen molar-refractivity contribution < 1.29 is 9.90 Å². The van der Waals surface area contributed by atoms with Gasteiger partial charge in [0.15, 0.2) is 0 Å². The van der Waals surface area contributed by atoms with E-state index in [2.05, 4.69) is 4.98 Å². The third kappa shape index (κ3) is 3.62. The summed E-state index contributed by atoms with van der Waals surface area (Å²) in [4.78, 5) is 17.9. The van der Waals surface area contributed by atoms with Crippen LogP contribution in [-0.2, 0) is 0 Å². The molecule has 2 atom stereocenters. The topological polar surface area (TPSA) is 53.4 Å². The van der Waals surface area contributed by atoms with Gasteiger partial charge in [-0.3, -0.25) is 4.79 Å². The zero-order valence-electron chi connectivity index (χ0n) is 11.4. The summed E-state index contributed by atoms with van der Waals surface area (Å²) < 4.78 is 0. The van der Waals surface area contributed by atoms with E-state index in [0.29, 0.717) is 6.54 Å². The number of aliphatic hydroxyl groups excluding tert-OH is 1. The highest BCUT2D eigenvalue weighted by molar-refractivity contribution is 6.34. The van der Waals surface area contributed by atoms with Crippen molar-refractivity contribution in [2.75, 3.05) is 13.6 Å². The van der Waals surface area contributed by atoms with Gasteiger partial charge < -0.3 is 10.0 Å². The van der Waals surface area contributed by atoms with Crippen molar-refractivity contribution >= 4 is 29.1 Å². The number of nitrogens with zero attached hydrogens (tertiary/aromatic N) is 2. The standard InChI is InChI=1S/C14H18Cl2N2O2/c1-18(8-9-4-2-3-5-11(9)19)14(20)13-10(15)6-7-12(16)17-13/h6-7,9,11,19H,2-5,8H2,1H3. The van der Waals surface area contributed by atoms with Crippen molar-refractivity contribution in [3.8, 4) is 0 Å². The number of halogens is 2. The maximum atomic E-state index is 12.3. The number of rotatable bonds is 3. The SMILES string of the molecule is CN(CC1CCCCC1O)C(=O)c1nc(Cl)ccc1Cl. The van der Waals surface area contributed by atoms with Gasteiger partial charge in [0.2, 0.25) is 0 Å². The second-order valence-electron chi connectivity index (χ2n) is 5.26. The van der Waals surface area contributed by atoms with Crippen molar-refractivity contribution in [1.29, 1.82) is 0 Å². The molecule has 0 aliphatic heterocycles. The Bertz CT molecular complexity index is 496. The molecule has 1 aliphatic rings. The molecule has 1 aromatic heterocycles. The van der Waals surface area contributed by atoms with Crippen LogP contribution in [0.1, 0.15) is 36.2 Å². The Morgan fingerprint density at radius 1 is 1.40 bits per heavy atom. The zero-order valence-corrected chi connectivity index (χ0v) is 12.9. The Hall–Kier alpha value is -0.840. The Labute approximate surface area is 128 Å². The average molecular weight is 317 g/mol. The van der Waals surface area contributed by atoms with Gasteiger partial charge in [-0.15, -0.1) is 0 Å².